The molecule has 0 aromatic rings. The Kier molecular flexibility index (Phi) is 4.75. The van der Waals surface area contributed by atoms with Crippen molar-refractivity contribution in [1.82, 2.24) is 0 Å². The van der Waals surface area contributed by atoms with Crippen LogP contribution >= 0.6 is 12.6 Å². The molecular weight excluding hydrogens is 171 g/mol. The van der Waals surface area contributed by atoms with E-state index in [1.807, 2.05) is 13.8 Å². The molecule has 4 heteroatoms. The number of hydrogen-bond acceptors (Lipinski definition) is 3. The van der Waals surface area contributed by atoms with Gasteiger partial charge in [0.05, 0.1) is 11.9 Å². The van der Waals surface area contributed by atoms with E-state index in [-0.39, 0.29) is 11.2 Å². The number of rotatable bonds is 4. The van der Waals surface area contributed by atoms with E-state index in [9.17, 15) is 4.79 Å². The van der Waals surface area contributed by atoms with Crippen LogP contribution in [0.3, 0.4) is 0 Å². The van der Waals surface area contributed by atoms with Crippen molar-refractivity contribution in [1.29, 1.82) is 0 Å². The summed E-state index contributed by atoms with van der Waals surface area (Å²) < 4.78 is 4.99. The Bertz CT molecular complexity index is 157. The molecule has 0 aromatic heterocycles. The quantitative estimate of drug-likeness (QED) is 0.409. The van der Waals surface area contributed by atoms with Gasteiger partial charge in [-0.2, -0.15) is 12.6 Å². The fraction of sp³-hybridized carbons (Fsp3) is 0.875. The van der Waals surface area contributed by atoms with Gasteiger partial charge in [-0.1, -0.05) is 13.8 Å². The first kappa shape index (κ1) is 11.9. The fourth-order valence-corrected chi connectivity index (χ4v) is 0.764. The van der Waals surface area contributed by atoms with Crippen molar-refractivity contribution in [2.75, 3.05) is 0 Å². The van der Waals surface area contributed by atoms with Crippen molar-refractivity contribution >= 4 is 26.4 Å². The van der Waals surface area contributed by atoms with Crippen LogP contribution in [-0.4, -0.2) is 24.6 Å². The zero-order valence-electron chi connectivity index (χ0n) is 7.83. The lowest BCUT2D eigenvalue weighted by molar-refractivity contribution is -0.151. The predicted molar refractivity (Wildman–Crippen MR) is 53.6 cm³/mol. The van der Waals surface area contributed by atoms with Gasteiger partial charge in [-0.3, -0.25) is 4.79 Å². The molecule has 0 bridgehead atoms. The summed E-state index contributed by atoms with van der Waals surface area (Å²) in [5.74, 6) is -0.288. The molecule has 2 nitrogen and oxygen atoms in total. The van der Waals surface area contributed by atoms with Gasteiger partial charge in [-0.25, -0.2) is 0 Å². The highest BCUT2D eigenvalue weighted by Gasteiger charge is 2.20. The predicted octanol–water partition coefficient (Wildman–Crippen LogP) is 1.53. The average molecular weight is 186 g/mol. The molecule has 2 unspecified atom stereocenters. The topological polar surface area (TPSA) is 26.3 Å². The molecule has 0 heterocycles. The summed E-state index contributed by atoms with van der Waals surface area (Å²) in [4.78, 5) is 11.1. The van der Waals surface area contributed by atoms with E-state index in [0.29, 0.717) is 12.8 Å². The molecule has 0 spiro atoms. The molecule has 0 saturated carbocycles. The van der Waals surface area contributed by atoms with E-state index in [2.05, 4.69) is 12.6 Å². The van der Waals surface area contributed by atoms with E-state index in [0.717, 1.165) is 0 Å². The van der Waals surface area contributed by atoms with E-state index < -0.39 is 5.50 Å². The highest BCUT2D eigenvalue weighted by Crippen LogP contribution is 2.12. The molecule has 0 aliphatic carbocycles. The number of thiol groups is 1. The van der Waals surface area contributed by atoms with Gasteiger partial charge in [0.25, 0.3) is 0 Å². The first-order valence-electron chi connectivity index (χ1n) is 4.06. The summed E-state index contributed by atoms with van der Waals surface area (Å²) in [5, 5.41) is 0.0187. The molecule has 0 fully saturated rings. The Morgan fingerprint density at radius 2 is 2.25 bits per heavy atom. The lowest BCUT2D eigenvalue weighted by Crippen LogP contribution is -2.31. The third-order valence-corrected chi connectivity index (χ3v) is 1.69. The van der Waals surface area contributed by atoms with Crippen LogP contribution in [0.15, 0.2) is 0 Å². The number of carbonyl (C=O) groups excluding carboxylic acids is 1. The average Bonchev–Trinajstić information content (AvgIpc) is 1.84. The van der Waals surface area contributed by atoms with Crippen LogP contribution in [0, 0.1) is 0 Å². The molecule has 0 N–H and O–H groups in total. The molecule has 0 aromatic carbocycles. The van der Waals surface area contributed by atoms with Crippen LogP contribution < -0.4 is 0 Å². The molecular formula is C8H15BO2S. The smallest absolute Gasteiger partial charge is 0.306 e. The molecule has 0 rings (SSSR count). The first-order chi connectivity index (χ1) is 5.37. The lowest BCUT2D eigenvalue weighted by Gasteiger charge is -2.24. The molecule has 2 atom stereocenters. The second-order valence-electron chi connectivity index (χ2n) is 3.19. The molecule has 12 heavy (non-hydrogen) atoms. The molecule has 68 valence electrons. The van der Waals surface area contributed by atoms with Gasteiger partial charge in [0, 0.05) is 5.25 Å². The molecule has 0 aliphatic heterocycles. The second-order valence-corrected chi connectivity index (χ2v) is 4.07. The number of carbonyl (C=O) groups is 1. The lowest BCUT2D eigenvalue weighted by atomic mass is 9.81. The number of hydrogen-bond donors (Lipinski definition) is 1. The van der Waals surface area contributed by atoms with Crippen LogP contribution in [-0.2, 0) is 9.53 Å². The standard InChI is InChI=1S/C8H15BO2S/c1-4-8(3,9)11-7(10)5-6(2)12/h6,12H,4-5H2,1-3H3. The van der Waals surface area contributed by atoms with E-state index in [1.54, 1.807) is 6.92 Å². The van der Waals surface area contributed by atoms with Crippen LogP contribution in [0.5, 0.6) is 0 Å². The summed E-state index contributed by atoms with van der Waals surface area (Å²) in [6.45, 7) is 5.40. The van der Waals surface area contributed by atoms with Crippen molar-refractivity contribution < 1.29 is 9.53 Å². The Labute approximate surface area is 80.9 Å². The molecule has 0 aliphatic rings. The maximum absolute atomic E-state index is 11.1. The first-order valence-corrected chi connectivity index (χ1v) is 4.58. The minimum absolute atomic E-state index is 0.0187. The summed E-state index contributed by atoms with van der Waals surface area (Å²) >= 11 is 4.07. The van der Waals surface area contributed by atoms with Crippen molar-refractivity contribution in [2.45, 2.75) is 44.4 Å². The highest BCUT2D eigenvalue weighted by molar-refractivity contribution is 7.80. The van der Waals surface area contributed by atoms with Gasteiger partial charge in [0.2, 0.25) is 0 Å². The summed E-state index contributed by atoms with van der Waals surface area (Å²) in [7, 11) is 5.62. The third kappa shape index (κ3) is 5.52. The molecule has 0 saturated heterocycles. The van der Waals surface area contributed by atoms with E-state index >= 15 is 0 Å². The Balaban J connectivity index is 3.84. The Morgan fingerprint density at radius 1 is 1.75 bits per heavy atom. The van der Waals surface area contributed by atoms with Gasteiger partial charge in [0.15, 0.2) is 0 Å². The minimum atomic E-state index is -0.834. The molecule has 0 amide bonds. The number of ether oxygens (including phenoxy) is 1. The van der Waals surface area contributed by atoms with Gasteiger partial charge in [-0.05, 0) is 13.3 Å². The Hall–Kier alpha value is -0.115. The SMILES string of the molecule is [B]C(C)(CC)OC(=O)CC(C)S. The van der Waals surface area contributed by atoms with Gasteiger partial charge in [-0.15, -0.1) is 0 Å². The normalized spacial score (nSPS) is 18.0. The van der Waals surface area contributed by atoms with Crippen LogP contribution in [0.2, 0.25) is 0 Å². The van der Waals surface area contributed by atoms with Crippen LogP contribution in [0.1, 0.15) is 33.6 Å². The maximum Gasteiger partial charge on any atom is 0.306 e. The minimum Gasteiger partial charge on any atom is -0.470 e. The monoisotopic (exact) mass is 186 g/mol. The summed E-state index contributed by atoms with van der Waals surface area (Å²) in [6.07, 6.45) is 0.912. The van der Waals surface area contributed by atoms with Crippen molar-refractivity contribution in [3.8, 4) is 0 Å². The summed E-state index contributed by atoms with van der Waals surface area (Å²) in [6, 6.07) is 0. The summed E-state index contributed by atoms with van der Waals surface area (Å²) in [5.41, 5.74) is -0.834. The zero-order chi connectivity index (χ0) is 9.78. The molecule has 2 radical (unpaired) electrons. The van der Waals surface area contributed by atoms with Crippen LogP contribution in [0.4, 0.5) is 0 Å². The fourth-order valence-electron chi connectivity index (χ4n) is 0.615. The van der Waals surface area contributed by atoms with Crippen molar-refractivity contribution in [2.24, 2.45) is 0 Å². The van der Waals surface area contributed by atoms with Gasteiger partial charge >= 0.3 is 5.97 Å². The van der Waals surface area contributed by atoms with Gasteiger partial charge in [0.1, 0.15) is 7.85 Å². The van der Waals surface area contributed by atoms with Crippen molar-refractivity contribution in [3.05, 3.63) is 0 Å². The third-order valence-electron chi connectivity index (χ3n) is 1.51. The second kappa shape index (κ2) is 4.80. The zero-order valence-corrected chi connectivity index (χ0v) is 8.73. The largest absolute Gasteiger partial charge is 0.470 e. The van der Waals surface area contributed by atoms with E-state index in [4.69, 9.17) is 12.6 Å². The van der Waals surface area contributed by atoms with E-state index in [1.165, 1.54) is 0 Å². The highest BCUT2D eigenvalue weighted by atomic mass is 32.1. The Morgan fingerprint density at radius 3 is 2.58 bits per heavy atom. The maximum atomic E-state index is 11.1. The number of esters is 1. The van der Waals surface area contributed by atoms with Crippen molar-refractivity contribution in [3.63, 3.8) is 0 Å². The van der Waals surface area contributed by atoms with Crippen LogP contribution in [0.25, 0.3) is 0 Å². The van der Waals surface area contributed by atoms with Gasteiger partial charge < -0.3 is 4.74 Å².